The first kappa shape index (κ1) is 17.4. The summed E-state index contributed by atoms with van der Waals surface area (Å²) in [6.07, 6.45) is 0.235. The highest BCUT2D eigenvalue weighted by molar-refractivity contribution is 5.88. The fourth-order valence-electron chi connectivity index (χ4n) is 2.89. The Labute approximate surface area is 149 Å². The number of benzene rings is 2. The van der Waals surface area contributed by atoms with E-state index in [1.54, 1.807) is 0 Å². The van der Waals surface area contributed by atoms with Gasteiger partial charge in [0.25, 0.3) is 5.56 Å². The van der Waals surface area contributed by atoms with Crippen LogP contribution in [-0.2, 0) is 6.42 Å². The lowest BCUT2D eigenvalue weighted by Gasteiger charge is -2.13. The van der Waals surface area contributed by atoms with Gasteiger partial charge in [-0.25, -0.2) is 9.78 Å². The molecule has 132 valence electrons. The Hall–Kier alpha value is -3.41. The maximum absolute atomic E-state index is 11.8. The van der Waals surface area contributed by atoms with E-state index >= 15 is 0 Å². The van der Waals surface area contributed by atoms with Crippen LogP contribution in [0.4, 0.5) is 0 Å². The highest BCUT2D eigenvalue weighted by atomic mass is 16.4. The third kappa shape index (κ3) is 3.35. The van der Waals surface area contributed by atoms with Gasteiger partial charge < -0.3 is 15.2 Å². The summed E-state index contributed by atoms with van der Waals surface area (Å²) in [6, 6.07) is 13.9. The Morgan fingerprint density at radius 1 is 1.12 bits per heavy atom. The summed E-state index contributed by atoms with van der Waals surface area (Å²) in [5.41, 5.74) is 3.68. The van der Waals surface area contributed by atoms with Gasteiger partial charge in [-0.05, 0) is 36.1 Å². The number of aromatic hydroxyl groups is 1. The first-order valence-electron chi connectivity index (χ1n) is 8.08. The van der Waals surface area contributed by atoms with E-state index in [4.69, 9.17) is 5.11 Å². The molecule has 0 aliphatic rings. The molecule has 0 fully saturated rings. The van der Waals surface area contributed by atoms with Gasteiger partial charge in [-0.1, -0.05) is 48.0 Å². The minimum Gasteiger partial charge on any atom is -0.501 e. The average molecular weight is 350 g/mol. The first-order chi connectivity index (χ1) is 12.4. The zero-order chi connectivity index (χ0) is 18.8. The van der Waals surface area contributed by atoms with Crippen molar-refractivity contribution >= 4 is 5.97 Å². The molecule has 3 aromatic rings. The molecule has 0 spiro atoms. The van der Waals surface area contributed by atoms with Gasteiger partial charge in [-0.15, -0.1) is 0 Å². The number of hydrogen-bond acceptors (Lipinski definition) is 4. The summed E-state index contributed by atoms with van der Waals surface area (Å²) >= 11 is 0. The van der Waals surface area contributed by atoms with Gasteiger partial charge in [0, 0.05) is 6.42 Å². The molecule has 3 N–H and O–H groups in total. The molecule has 0 bridgehead atoms. The van der Waals surface area contributed by atoms with Crippen molar-refractivity contribution in [2.24, 2.45) is 0 Å². The van der Waals surface area contributed by atoms with Crippen molar-refractivity contribution in [3.63, 3.8) is 0 Å². The average Bonchev–Trinajstić information content (AvgIpc) is 2.60. The molecule has 26 heavy (non-hydrogen) atoms. The Kier molecular flexibility index (Phi) is 4.58. The summed E-state index contributed by atoms with van der Waals surface area (Å²) in [5, 5.41) is 18.7. The summed E-state index contributed by atoms with van der Waals surface area (Å²) in [4.78, 5) is 29.3. The Bertz CT molecular complexity index is 1050. The molecule has 0 saturated heterocycles. The van der Waals surface area contributed by atoms with E-state index in [0.717, 1.165) is 27.8 Å². The Morgan fingerprint density at radius 2 is 1.85 bits per heavy atom. The van der Waals surface area contributed by atoms with Crippen LogP contribution in [0.15, 0.2) is 47.3 Å². The van der Waals surface area contributed by atoms with E-state index < -0.39 is 23.0 Å². The molecule has 1 aromatic heterocycles. The van der Waals surface area contributed by atoms with Gasteiger partial charge >= 0.3 is 5.97 Å². The summed E-state index contributed by atoms with van der Waals surface area (Å²) in [6.45, 7) is 4.04. The second-order valence-corrected chi connectivity index (χ2v) is 6.17. The Balaban J connectivity index is 2.09. The number of aryl methyl sites for hydroxylation is 2. The van der Waals surface area contributed by atoms with Crippen molar-refractivity contribution in [1.29, 1.82) is 0 Å². The minimum atomic E-state index is -1.45. The highest BCUT2D eigenvalue weighted by Crippen LogP contribution is 2.29. The fourth-order valence-corrected chi connectivity index (χ4v) is 2.89. The summed E-state index contributed by atoms with van der Waals surface area (Å²) in [5.74, 6) is -2.15. The van der Waals surface area contributed by atoms with Crippen LogP contribution in [0, 0.1) is 13.8 Å². The van der Waals surface area contributed by atoms with Crippen LogP contribution in [0.2, 0.25) is 0 Å². The van der Waals surface area contributed by atoms with Crippen LogP contribution in [0.3, 0.4) is 0 Å². The molecule has 6 heteroatoms. The molecule has 0 aliphatic heterocycles. The zero-order valence-electron chi connectivity index (χ0n) is 14.4. The number of H-pyrrole nitrogens is 1. The smallest absolute Gasteiger partial charge is 0.358 e. The van der Waals surface area contributed by atoms with Gasteiger partial charge in [-0.3, -0.25) is 4.79 Å². The lowest BCUT2D eigenvalue weighted by atomic mass is 9.93. The fraction of sp³-hybridized carbons (Fsp3) is 0.150. The summed E-state index contributed by atoms with van der Waals surface area (Å²) < 4.78 is 0. The number of rotatable bonds is 4. The number of hydrogen-bond donors (Lipinski definition) is 3. The molecule has 6 nitrogen and oxygen atoms in total. The van der Waals surface area contributed by atoms with Crippen molar-refractivity contribution in [3.05, 3.63) is 81.0 Å². The molecule has 0 atom stereocenters. The van der Waals surface area contributed by atoms with Gasteiger partial charge in [0.2, 0.25) is 5.75 Å². The van der Waals surface area contributed by atoms with E-state index in [0.29, 0.717) is 0 Å². The second-order valence-electron chi connectivity index (χ2n) is 6.17. The standard InChI is InChI=1S/C20H18N2O4/c1-11-7-8-12(2)15(9-11)14-6-4-3-5-13(14)10-16-21-17(20(25)26)18(23)19(24)22-16/h3-9,23H,10H2,1-2H3,(H,25,26)(H,21,22,24). The van der Waals surface area contributed by atoms with Gasteiger partial charge in [0.1, 0.15) is 5.82 Å². The third-order valence-electron chi connectivity index (χ3n) is 4.21. The second kappa shape index (κ2) is 6.84. The van der Waals surface area contributed by atoms with Crippen molar-refractivity contribution in [2.45, 2.75) is 20.3 Å². The predicted octanol–water partition coefficient (Wildman–Crippen LogP) is 3.05. The predicted molar refractivity (Wildman–Crippen MR) is 97.6 cm³/mol. The SMILES string of the molecule is Cc1ccc(C)c(-c2ccccc2Cc2nc(C(=O)O)c(O)c(=O)[nH]2)c1. The van der Waals surface area contributed by atoms with E-state index in [1.807, 2.05) is 50.2 Å². The molecule has 0 radical (unpaired) electrons. The lowest BCUT2D eigenvalue weighted by Crippen LogP contribution is -2.17. The number of nitrogens with zero attached hydrogens (tertiary/aromatic N) is 1. The van der Waals surface area contributed by atoms with Gasteiger partial charge in [-0.2, -0.15) is 0 Å². The highest BCUT2D eigenvalue weighted by Gasteiger charge is 2.17. The van der Waals surface area contributed by atoms with E-state index in [9.17, 15) is 14.7 Å². The molecule has 3 rings (SSSR count). The lowest BCUT2D eigenvalue weighted by molar-refractivity contribution is 0.0686. The number of carboxylic acids is 1. The molecule has 0 saturated carbocycles. The van der Waals surface area contributed by atoms with Gasteiger partial charge in [0.05, 0.1) is 0 Å². The van der Waals surface area contributed by atoms with E-state index in [2.05, 4.69) is 16.0 Å². The molecular formula is C20H18N2O4. The van der Waals surface area contributed by atoms with Crippen LogP contribution in [0.25, 0.3) is 11.1 Å². The quantitative estimate of drug-likeness (QED) is 0.671. The van der Waals surface area contributed by atoms with Crippen molar-refractivity contribution in [3.8, 4) is 16.9 Å². The van der Waals surface area contributed by atoms with E-state index in [1.165, 1.54) is 0 Å². The van der Waals surface area contributed by atoms with Gasteiger partial charge in [0.15, 0.2) is 5.69 Å². The monoisotopic (exact) mass is 350 g/mol. The number of carboxylic acid groups (broad SMARTS) is 1. The molecule has 0 unspecified atom stereocenters. The summed E-state index contributed by atoms with van der Waals surface area (Å²) in [7, 11) is 0. The Morgan fingerprint density at radius 3 is 2.58 bits per heavy atom. The number of carbonyl (C=O) groups is 1. The van der Waals surface area contributed by atoms with Crippen LogP contribution >= 0.6 is 0 Å². The number of aromatic nitrogens is 2. The minimum absolute atomic E-state index is 0.183. The maximum atomic E-state index is 11.8. The molecular weight excluding hydrogens is 332 g/mol. The maximum Gasteiger partial charge on any atom is 0.358 e. The van der Waals surface area contributed by atoms with Crippen molar-refractivity contribution in [1.82, 2.24) is 9.97 Å². The number of aromatic amines is 1. The van der Waals surface area contributed by atoms with Crippen LogP contribution in [0.5, 0.6) is 5.75 Å². The third-order valence-corrected chi connectivity index (χ3v) is 4.21. The topological polar surface area (TPSA) is 103 Å². The largest absolute Gasteiger partial charge is 0.501 e. The number of nitrogens with one attached hydrogen (secondary N) is 1. The molecule has 0 aliphatic carbocycles. The van der Waals surface area contributed by atoms with Crippen LogP contribution in [0.1, 0.15) is 33.0 Å². The molecule has 0 amide bonds. The van der Waals surface area contributed by atoms with Crippen LogP contribution in [-0.4, -0.2) is 26.2 Å². The first-order valence-corrected chi connectivity index (χ1v) is 8.08. The molecule has 2 aromatic carbocycles. The zero-order valence-corrected chi connectivity index (χ0v) is 14.4. The molecule has 1 heterocycles. The van der Waals surface area contributed by atoms with Crippen molar-refractivity contribution < 1.29 is 15.0 Å². The van der Waals surface area contributed by atoms with Crippen LogP contribution < -0.4 is 5.56 Å². The van der Waals surface area contributed by atoms with E-state index in [-0.39, 0.29) is 12.2 Å². The normalized spacial score (nSPS) is 10.7. The van der Waals surface area contributed by atoms with Crippen molar-refractivity contribution in [2.75, 3.05) is 0 Å². The number of aromatic carboxylic acids is 1.